The van der Waals surface area contributed by atoms with Crippen LogP contribution in [0.1, 0.15) is 40.7 Å². The Labute approximate surface area is 198 Å². The van der Waals surface area contributed by atoms with Crippen LogP contribution in [0.15, 0.2) is 48.5 Å². The van der Waals surface area contributed by atoms with Crippen molar-refractivity contribution in [3.05, 3.63) is 70.5 Å². The third-order valence-corrected chi connectivity index (χ3v) is 7.54. The molecule has 2 aromatic heterocycles. The van der Waals surface area contributed by atoms with Crippen molar-refractivity contribution < 1.29 is 4.79 Å². The molecule has 33 heavy (non-hydrogen) atoms. The second-order valence-corrected chi connectivity index (χ2v) is 10.0. The van der Waals surface area contributed by atoms with Gasteiger partial charge in [-0.3, -0.25) is 9.69 Å². The second kappa shape index (κ2) is 9.08. The summed E-state index contributed by atoms with van der Waals surface area (Å²) in [6.45, 7) is 8.23. The molecule has 0 saturated carbocycles. The summed E-state index contributed by atoms with van der Waals surface area (Å²) in [6, 6.07) is 16.5. The molecule has 5 rings (SSSR count). The summed E-state index contributed by atoms with van der Waals surface area (Å²) < 4.78 is 3.13. The van der Waals surface area contributed by atoms with Gasteiger partial charge in [0.25, 0.3) is 0 Å². The first-order valence-electron chi connectivity index (χ1n) is 11.5. The maximum absolute atomic E-state index is 12.9. The highest BCUT2D eigenvalue weighted by atomic mass is 32.1. The van der Waals surface area contributed by atoms with E-state index in [1.54, 1.807) is 11.3 Å². The zero-order valence-corrected chi connectivity index (χ0v) is 20.2. The number of anilines is 1. The zero-order valence-electron chi connectivity index (χ0n) is 19.3. The van der Waals surface area contributed by atoms with E-state index in [0.717, 1.165) is 54.2 Å². The molecule has 1 atom stereocenters. The number of piperidine rings is 1. The molecule has 1 aliphatic heterocycles. The van der Waals surface area contributed by atoms with Crippen molar-refractivity contribution in [3.8, 4) is 5.69 Å². The lowest BCUT2D eigenvalue weighted by Crippen LogP contribution is -2.39. The fraction of sp³-hybridized carbons (Fsp3) is 0.346. The molecule has 1 amide bonds. The van der Waals surface area contributed by atoms with Gasteiger partial charge in [0, 0.05) is 12.5 Å². The predicted octanol–water partition coefficient (Wildman–Crippen LogP) is 5.23. The van der Waals surface area contributed by atoms with Crippen LogP contribution in [0.5, 0.6) is 0 Å². The van der Waals surface area contributed by atoms with E-state index < -0.39 is 0 Å². The van der Waals surface area contributed by atoms with Crippen LogP contribution < -0.4 is 5.32 Å². The van der Waals surface area contributed by atoms with Crippen LogP contribution in [0.2, 0.25) is 0 Å². The summed E-state index contributed by atoms with van der Waals surface area (Å²) in [7, 11) is 0. The SMILES string of the molecule is Cc1ccc2sc(C3CCCN(CC(=O)Nc4c(C)nn(-c5ccccc5)c4C)C3)nc2c1. The second-order valence-electron chi connectivity index (χ2n) is 8.94. The number of aromatic nitrogens is 3. The maximum Gasteiger partial charge on any atom is 0.238 e. The van der Waals surface area contributed by atoms with Crippen LogP contribution in [0.4, 0.5) is 5.69 Å². The summed E-state index contributed by atoms with van der Waals surface area (Å²) in [6.07, 6.45) is 2.20. The van der Waals surface area contributed by atoms with E-state index in [1.165, 1.54) is 15.3 Å². The number of carbonyl (C=O) groups excluding carboxylic acids is 1. The lowest BCUT2D eigenvalue weighted by molar-refractivity contribution is -0.117. The molecular formula is C26H29N5OS. The smallest absolute Gasteiger partial charge is 0.238 e. The highest BCUT2D eigenvalue weighted by Crippen LogP contribution is 2.33. The number of thiazole rings is 1. The molecule has 1 saturated heterocycles. The number of para-hydroxylation sites is 1. The van der Waals surface area contributed by atoms with Gasteiger partial charge in [0.05, 0.1) is 44.5 Å². The number of likely N-dealkylation sites (tertiary alicyclic amines) is 1. The highest BCUT2D eigenvalue weighted by Gasteiger charge is 2.26. The molecule has 170 valence electrons. The van der Waals surface area contributed by atoms with Crippen molar-refractivity contribution in [3.63, 3.8) is 0 Å². The number of hydrogen-bond acceptors (Lipinski definition) is 5. The Hall–Kier alpha value is -3.03. The Balaban J connectivity index is 1.26. The lowest BCUT2D eigenvalue weighted by Gasteiger charge is -2.31. The van der Waals surface area contributed by atoms with Crippen LogP contribution in [-0.2, 0) is 4.79 Å². The Morgan fingerprint density at radius 1 is 1.15 bits per heavy atom. The molecular weight excluding hydrogens is 430 g/mol. The summed E-state index contributed by atoms with van der Waals surface area (Å²) in [5.74, 6) is 0.392. The maximum atomic E-state index is 12.9. The number of hydrogen-bond donors (Lipinski definition) is 1. The normalized spacial score (nSPS) is 16.9. The number of carbonyl (C=O) groups is 1. The molecule has 0 radical (unpaired) electrons. The number of rotatable bonds is 5. The van der Waals surface area contributed by atoms with Gasteiger partial charge < -0.3 is 5.32 Å². The summed E-state index contributed by atoms with van der Waals surface area (Å²) in [5.41, 5.74) is 5.88. The third-order valence-electron chi connectivity index (χ3n) is 6.34. The fourth-order valence-electron chi connectivity index (χ4n) is 4.66. The summed E-state index contributed by atoms with van der Waals surface area (Å²) in [4.78, 5) is 20.1. The molecule has 7 heteroatoms. The van der Waals surface area contributed by atoms with Gasteiger partial charge >= 0.3 is 0 Å². The standard InChI is InChI=1S/C26H29N5OS/c1-17-11-12-23-22(14-17)27-26(33-23)20-8-7-13-30(15-20)16-24(32)28-25-18(2)29-31(19(25)3)21-9-5-4-6-10-21/h4-6,9-12,14,20H,7-8,13,15-16H2,1-3H3,(H,28,32). The topological polar surface area (TPSA) is 63.1 Å². The molecule has 1 aliphatic rings. The van der Waals surface area contributed by atoms with Crippen LogP contribution in [0, 0.1) is 20.8 Å². The molecule has 2 aromatic carbocycles. The Morgan fingerprint density at radius 2 is 1.97 bits per heavy atom. The highest BCUT2D eigenvalue weighted by molar-refractivity contribution is 7.18. The largest absolute Gasteiger partial charge is 0.322 e. The lowest BCUT2D eigenvalue weighted by atomic mass is 9.99. The van der Waals surface area contributed by atoms with Gasteiger partial charge in [-0.15, -0.1) is 11.3 Å². The third kappa shape index (κ3) is 4.56. The van der Waals surface area contributed by atoms with E-state index in [2.05, 4.69) is 40.4 Å². The zero-order chi connectivity index (χ0) is 22.9. The van der Waals surface area contributed by atoms with Crippen molar-refractivity contribution in [2.24, 2.45) is 0 Å². The first-order chi connectivity index (χ1) is 16.0. The van der Waals surface area contributed by atoms with Crippen LogP contribution >= 0.6 is 11.3 Å². The minimum Gasteiger partial charge on any atom is -0.322 e. The van der Waals surface area contributed by atoms with Gasteiger partial charge in [-0.25, -0.2) is 9.67 Å². The van der Waals surface area contributed by atoms with Crippen molar-refractivity contribution in [1.29, 1.82) is 0 Å². The Bertz CT molecular complexity index is 1290. The average molecular weight is 460 g/mol. The van der Waals surface area contributed by atoms with E-state index in [0.29, 0.717) is 12.5 Å². The van der Waals surface area contributed by atoms with Gasteiger partial charge in [0.2, 0.25) is 5.91 Å². The van der Waals surface area contributed by atoms with Crippen molar-refractivity contribution in [2.75, 3.05) is 25.0 Å². The molecule has 1 N–H and O–H groups in total. The van der Waals surface area contributed by atoms with Gasteiger partial charge in [-0.05, 0) is 70.0 Å². The van der Waals surface area contributed by atoms with Gasteiger partial charge in [-0.1, -0.05) is 24.3 Å². The fourth-order valence-corrected chi connectivity index (χ4v) is 5.73. The average Bonchev–Trinajstić information content (AvgIpc) is 3.36. The van der Waals surface area contributed by atoms with E-state index in [9.17, 15) is 4.79 Å². The first-order valence-corrected chi connectivity index (χ1v) is 12.3. The summed E-state index contributed by atoms with van der Waals surface area (Å²) >= 11 is 1.79. The molecule has 0 spiro atoms. The molecule has 0 bridgehead atoms. The van der Waals surface area contributed by atoms with E-state index in [-0.39, 0.29) is 5.91 Å². The number of benzene rings is 2. The minimum atomic E-state index is 0.00869. The van der Waals surface area contributed by atoms with Crippen LogP contribution in [-0.4, -0.2) is 45.2 Å². The number of amides is 1. The quantitative estimate of drug-likeness (QED) is 0.444. The molecule has 4 aromatic rings. The number of aryl methyl sites for hydroxylation is 2. The van der Waals surface area contributed by atoms with Crippen molar-refractivity contribution in [1.82, 2.24) is 19.7 Å². The number of fused-ring (bicyclic) bond motifs is 1. The van der Waals surface area contributed by atoms with Gasteiger partial charge in [0.1, 0.15) is 0 Å². The van der Waals surface area contributed by atoms with E-state index in [1.807, 2.05) is 48.9 Å². The van der Waals surface area contributed by atoms with E-state index >= 15 is 0 Å². The van der Waals surface area contributed by atoms with Crippen molar-refractivity contribution in [2.45, 2.75) is 39.5 Å². The molecule has 1 unspecified atom stereocenters. The van der Waals surface area contributed by atoms with Crippen LogP contribution in [0.3, 0.4) is 0 Å². The van der Waals surface area contributed by atoms with Gasteiger partial charge in [-0.2, -0.15) is 5.10 Å². The van der Waals surface area contributed by atoms with Gasteiger partial charge in [0.15, 0.2) is 0 Å². The Morgan fingerprint density at radius 3 is 2.79 bits per heavy atom. The number of nitrogens with zero attached hydrogens (tertiary/aromatic N) is 4. The monoisotopic (exact) mass is 459 g/mol. The molecule has 1 fully saturated rings. The van der Waals surface area contributed by atoms with Crippen molar-refractivity contribution >= 4 is 33.1 Å². The minimum absolute atomic E-state index is 0.00869. The molecule has 0 aliphatic carbocycles. The Kier molecular flexibility index (Phi) is 6.00. The van der Waals surface area contributed by atoms with E-state index in [4.69, 9.17) is 4.98 Å². The number of nitrogens with one attached hydrogen (secondary N) is 1. The molecule has 3 heterocycles. The predicted molar refractivity (Wildman–Crippen MR) is 134 cm³/mol. The van der Waals surface area contributed by atoms with Crippen LogP contribution in [0.25, 0.3) is 15.9 Å². The summed E-state index contributed by atoms with van der Waals surface area (Å²) in [5, 5.41) is 8.95. The molecule has 6 nitrogen and oxygen atoms in total. The first kappa shape index (κ1) is 21.8.